The minimum absolute atomic E-state index is 0.0959. The van der Waals surface area contributed by atoms with Crippen LogP contribution in [0.5, 0.6) is 0 Å². The second-order valence-electron chi connectivity index (χ2n) is 8.24. The zero-order chi connectivity index (χ0) is 23.8. The number of aryl methyl sites for hydroxylation is 2. The van der Waals surface area contributed by atoms with Crippen LogP contribution in [0.15, 0.2) is 58.7 Å². The van der Waals surface area contributed by atoms with E-state index in [1.807, 2.05) is 48.7 Å². The van der Waals surface area contributed by atoms with Gasteiger partial charge in [0.15, 0.2) is 0 Å². The predicted molar refractivity (Wildman–Crippen MR) is 130 cm³/mol. The van der Waals surface area contributed by atoms with Gasteiger partial charge in [0, 0.05) is 36.5 Å². The third-order valence-electron chi connectivity index (χ3n) is 5.63. The van der Waals surface area contributed by atoms with E-state index >= 15 is 0 Å². The van der Waals surface area contributed by atoms with Crippen molar-refractivity contribution in [1.82, 2.24) is 19.7 Å². The molecule has 2 amide bonds. The molecule has 4 aromatic rings. The van der Waals surface area contributed by atoms with Crippen LogP contribution in [0.2, 0.25) is 0 Å². The number of aromatic amines is 1. The molecule has 1 atom stereocenters. The molecule has 1 aromatic carbocycles. The smallest absolute Gasteiger partial charge is 0.252 e. The Kier molecular flexibility index (Phi) is 5.58. The Morgan fingerprint density at radius 1 is 1.15 bits per heavy atom. The van der Waals surface area contributed by atoms with E-state index in [1.165, 1.54) is 22.1 Å². The van der Waals surface area contributed by atoms with Crippen LogP contribution >= 0.6 is 11.3 Å². The van der Waals surface area contributed by atoms with Crippen LogP contribution < -0.4 is 15.8 Å². The molecule has 34 heavy (non-hydrogen) atoms. The second-order valence-corrected chi connectivity index (χ2v) is 9.19. The lowest BCUT2D eigenvalue weighted by Gasteiger charge is -2.17. The lowest BCUT2D eigenvalue weighted by Crippen LogP contribution is -2.28. The first kappa shape index (κ1) is 21.8. The van der Waals surface area contributed by atoms with Crippen molar-refractivity contribution in [2.45, 2.75) is 20.3 Å². The molecule has 5 rings (SSSR count). The largest absolute Gasteiger partial charge is 0.312 e. The number of carbonyl (C=O) groups excluding carboxylic acids is 2. The summed E-state index contributed by atoms with van der Waals surface area (Å²) in [6.45, 7) is 3.99. The van der Waals surface area contributed by atoms with Crippen molar-refractivity contribution in [2.75, 3.05) is 16.8 Å². The van der Waals surface area contributed by atoms with E-state index in [0.29, 0.717) is 23.8 Å². The molecule has 10 heteroatoms. The van der Waals surface area contributed by atoms with E-state index in [9.17, 15) is 14.4 Å². The molecule has 1 saturated heterocycles. The van der Waals surface area contributed by atoms with E-state index in [2.05, 4.69) is 20.4 Å². The molecule has 0 saturated carbocycles. The van der Waals surface area contributed by atoms with E-state index in [0.717, 1.165) is 16.1 Å². The Labute approximate surface area is 199 Å². The fraction of sp³-hybridized carbons (Fsp3) is 0.208. The van der Waals surface area contributed by atoms with Gasteiger partial charge in [-0.2, -0.15) is 9.78 Å². The number of anilines is 2. The first-order valence-corrected chi connectivity index (χ1v) is 11.7. The maximum Gasteiger partial charge on any atom is 0.252 e. The van der Waals surface area contributed by atoms with Crippen LogP contribution in [0.1, 0.15) is 17.7 Å². The summed E-state index contributed by atoms with van der Waals surface area (Å²) < 4.78 is 1.41. The standard InChI is InChI=1S/C24H22N6O3S/c1-14-5-7-17(8-6-14)29-13-16(11-22(29)32)23(33)26-20-12-18(19-4-3-9-34-19)28-30(20)24-25-15(2)10-21(31)27-24/h3-10,12,16H,11,13H2,1-2H3,(H,26,33)(H,25,27,31)/t16-/m0/s1. The quantitative estimate of drug-likeness (QED) is 0.461. The van der Waals surface area contributed by atoms with E-state index in [4.69, 9.17) is 0 Å². The molecule has 3 aromatic heterocycles. The molecule has 0 spiro atoms. The molecule has 1 aliphatic rings. The van der Waals surface area contributed by atoms with Crippen molar-refractivity contribution in [3.63, 3.8) is 0 Å². The third kappa shape index (κ3) is 4.27. The molecular formula is C24H22N6O3S. The average Bonchev–Trinajstić information content (AvgIpc) is 3.53. The van der Waals surface area contributed by atoms with Gasteiger partial charge in [0.2, 0.25) is 17.8 Å². The first-order chi connectivity index (χ1) is 16.4. The minimum atomic E-state index is -0.521. The molecule has 172 valence electrons. The van der Waals surface area contributed by atoms with Crippen LogP contribution in [0.4, 0.5) is 11.5 Å². The van der Waals surface area contributed by atoms with Crippen LogP contribution in [0, 0.1) is 19.8 Å². The van der Waals surface area contributed by atoms with Crippen LogP contribution in [0.25, 0.3) is 16.5 Å². The maximum absolute atomic E-state index is 13.2. The number of benzene rings is 1. The Morgan fingerprint density at radius 2 is 1.94 bits per heavy atom. The Morgan fingerprint density at radius 3 is 2.65 bits per heavy atom. The number of nitrogens with one attached hydrogen (secondary N) is 2. The van der Waals surface area contributed by atoms with Crippen molar-refractivity contribution in [2.24, 2.45) is 5.92 Å². The van der Waals surface area contributed by atoms with Gasteiger partial charge in [-0.25, -0.2) is 4.98 Å². The van der Waals surface area contributed by atoms with Gasteiger partial charge in [-0.15, -0.1) is 11.3 Å². The fourth-order valence-electron chi connectivity index (χ4n) is 3.93. The molecule has 1 fully saturated rings. The number of H-pyrrole nitrogens is 1. The van der Waals surface area contributed by atoms with Crippen molar-refractivity contribution in [1.29, 1.82) is 0 Å². The number of rotatable bonds is 5. The Hall–Kier alpha value is -4.05. The summed E-state index contributed by atoms with van der Waals surface area (Å²) >= 11 is 1.51. The van der Waals surface area contributed by atoms with Gasteiger partial charge in [0.05, 0.1) is 10.8 Å². The Bertz CT molecular complexity index is 1420. The molecule has 4 heterocycles. The molecule has 2 N–H and O–H groups in total. The molecular weight excluding hydrogens is 452 g/mol. The molecule has 9 nitrogen and oxygen atoms in total. The Balaban J connectivity index is 1.43. The van der Waals surface area contributed by atoms with Crippen molar-refractivity contribution in [3.8, 4) is 16.5 Å². The van der Waals surface area contributed by atoms with Gasteiger partial charge < -0.3 is 10.2 Å². The van der Waals surface area contributed by atoms with Crippen molar-refractivity contribution >= 4 is 34.7 Å². The van der Waals surface area contributed by atoms with Gasteiger partial charge in [0.1, 0.15) is 11.5 Å². The van der Waals surface area contributed by atoms with Gasteiger partial charge in [-0.05, 0) is 37.4 Å². The highest BCUT2D eigenvalue weighted by atomic mass is 32.1. The second kappa shape index (κ2) is 8.71. The molecule has 0 bridgehead atoms. The van der Waals surface area contributed by atoms with Crippen molar-refractivity contribution < 1.29 is 9.59 Å². The van der Waals surface area contributed by atoms with Gasteiger partial charge >= 0.3 is 0 Å². The van der Waals surface area contributed by atoms with Crippen LogP contribution in [0.3, 0.4) is 0 Å². The zero-order valence-corrected chi connectivity index (χ0v) is 19.4. The molecule has 0 radical (unpaired) electrons. The average molecular weight is 475 g/mol. The third-order valence-corrected chi connectivity index (χ3v) is 6.53. The maximum atomic E-state index is 13.2. The molecule has 1 aliphatic heterocycles. The summed E-state index contributed by atoms with van der Waals surface area (Å²) in [6.07, 6.45) is 0.116. The summed E-state index contributed by atoms with van der Waals surface area (Å²) in [5, 5.41) is 9.41. The first-order valence-electron chi connectivity index (χ1n) is 10.8. The number of aromatic nitrogens is 4. The number of carbonyl (C=O) groups is 2. The van der Waals surface area contributed by atoms with E-state index < -0.39 is 5.92 Å². The minimum Gasteiger partial charge on any atom is -0.312 e. The molecule has 0 unspecified atom stereocenters. The summed E-state index contributed by atoms with van der Waals surface area (Å²) in [5.74, 6) is -0.347. The SMILES string of the molecule is Cc1ccc(N2C[C@@H](C(=O)Nc3cc(-c4cccs4)nn3-c3nc(C)cc(=O)[nH]3)CC2=O)cc1. The van der Waals surface area contributed by atoms with Gasteiger partial charge in [-0.1, -0.05) is 23.8 Å². The van der Waals surface area contributed by atoms with Crippen molar-refractivity contribution in [3.05, 3.63) is 75.5 Å². The predicted octanol–water partition coefficient (Wildman–Crippen LogP) is 3.29. The number of thiophene rings is 1. The van der Waals surface area contributed by atoms with Gasteiger partial charge in [-0.3, -0.25) is 19.4 Å². The highest BCUT2D eigenvalue weighted by Crippen LogP contribution is 2.29. The summed E-state index contributed by atoms with van der Waals surface area (Å²) in [4.78, 5) is 47.4. The topological polar surface area (TPSA) is 113 Å². The zero-order valence-electron chi connectivity index (χ0n) is 18.6. The van der Waals surface area contributed by atoms with E-state index in [1.54, 1.807) is 17.9 Å². The van der Waals surface area contributed by atoms with Crippen LogP contribution in [-0.2, 0) is 9.59 Å². The number of amides is 2. The highest BCUT2D eigenvalue weighted by molar-refractivity contribution is 7.13. The number of nitrogens with zero attached hydrogens (tertiary/aromatic N) is 4. The fourth-order valence-corrected chi connectivity index (χ4v) is 4.61. The van der Waals surface area contributed by atoms with Gasteiger partial charge in [0.25, 0.3) is 5.56 Å². The summed E-state index contributed by atoms with van der Waals surface area (Å²) in [5.41, 5.74) is 2.72. The normalized spacial score (nSPS) is 15.6. The van der Waals surface area contributed by atoms with E-state index in [-0.39, 0.29) is 29.7 Å². The summed E-state index contributed by atoms with van der Waals surface area (Å²) in [7, 11) is 0. The number of hydrogen-bond donors (Lipinski definition) is 2. The summed E-state index contributed by atoms with van der Waals surface area (Å²) in [6, 6.07) is 14.6. The molecule has 0 aliphatic carbocycles. The lowest BCUT2D eigenvalue weighted by atomic mass is 10.1. The highest BCUT2D eigenvalue weighted by Gasteiger charge is 2.35. The number of hydrogen-bond acceptors (Lipinski definition) is 6. The monoisotopic (exact) mass is 474 g/mol. The van der Waals surface area contributed by atoms with Crippen LogP contribution in [-0.4, -0.2) is 38.1 Å². The lowest BCUT2D eigenvalue weighted by molar-refractivity contribution is -0.122.